The molecule has 0 radical (unpaired) electrons. The van der Waals surface area contributed by atoms with Gasteiger partial charge in [0.25, 0.3) is 0 Å². The summed E-state index contributed by atoms with van der Waals surface area (Å²) in [6.45, 7) is 4.08. The van der Waals surface area contributed by atoms with Crippen molar-refractivity contribution in [3.05, 3.63) is 42.0 Å². The van der Waals surface area contributed by atoms with Crippen LogP contribution in [0.5, 0.6) is 0 Å². The highest BCUT2D eigenvalue weighted by Crippen LogP contribution is 2.29. The highest BCUT2D eigenvalue weighted by Gasteiger charge is 2.14. The molecule has 0 aliphatic heterocycles. The molecule has 1 amide bonds. The van der Waals surface area contributed by atoms with E-state index in [2.05, 4.69) is 15.3 Å². The third-order valence-electron chi connectivity index (χ3n) is 4.02. The van der Waals surface area contributed by atoms with Crippen molar-refractivity contribution in [3.8, 4) is 11.3 Å². The summed E-state index contributed by atoms with van der Waals surface area (Å²) in [5.41, 5.74) is 2.69. The van der Waals surface area contributed by atoms with Crippen LogP contribution in [0.2, 0.25) is 0 Å². The molecule has 0 saturated carbocycles. The molecule has 3 aromatic rings. The van der Waals surface area contributed by atoms with E-state index in [1.807, 2.05) is 49.6 Å². The molecule has 0 atom stereocenters. The third kappa shape index (κ3) is 3.24. The Kier molecular flexibility index (Phi) is 4.67. The van der Waals surface area contributed by atoms with E-state index in [9.17, 15) is 4.79 Å². The van der Waals surface area contributed by atoms with Gasteiger partial charge < -0.3 is 5.32 Å². The molecule has 1 aromatic carbocycles. The number of benzene rings is 1. The van der Waals surface area contributed by atoms with Crippen LogP contribution >= 0.6 is 11.3 Å². The molecule has 2 aromatic heterocycles. The Morgan fingerprint density at radius 3 is 2.83 bits per heavy atom. The number of amides is 1. The molecule has 23 heavy (non-hydrogen) atoms. The number of carbonyl (C=O) groups excluding carboxylic acids is 1. The topological polar surface area (TPSA) is 54.9 Å². The van der Waals surface area contributed by atoms with Gasteiger partial charge in [-0.15, -0.1) is 11.3 Å². The van der Waals surface area contributed by atoms with Gasteiger partial charge in [-0.3, -0.25) is 4.79 Å². The molecule has 0 saturated heterocycles. The van der Waals surface area contributed by atoms with Crippen LogP contribution in [0.15, 0.2) is 42.0 Å². The van der Waals surface area contributed by atoms with Crippen molar-refractivity contribution in [2.45, 2.75) is 26.7 Å². The molecule has 0 aliphatic rings. The van der Waals surface area contributed by atoms with Crippen LogP contribution in [0.3, 0.4) is 0 Å². The minimum Gasteiger partial charge on any atom is -0.326 e. The average Bonchev–Trinajstić information content (AvgIpc) is 3.04. The average molecular weight is 325 g/mol. The van der Waals surface area contributed by atoms with Crippen molar-refractivity contribution in [1.82, 2.24) is 9.97 Å². The van der Waals surface area contributed by atoms with E-state index in [-0.39, 0.29) is 11.8 Å². The Hall–Kier alpha value is -2.27. The molecule has 2 heterocycles. The maximum atomic E-state index is 12.3. The number of aromatic nitrogens is 2. The van der Waals surface area contributed by atoms with Crippen LogP contribution in [0, 0.1) is 5.92 Å². The molecular weight excluding hydrogens is 306 g/mol. The van der Waals surface area contributed by atoms with Gasteiger partial charge in [0.05, 0.1) is 5.69 Å². The number of nitrogens with zero attached hydrogens (tertiary/aromatic N) is 2. The smallest absolute Gasteiger partial charge is 0.227 e. The fraction of sp³-hybridized carbons (Fsp3) is 0.278. The summed E-state index contributed by atoms with van der Waals surface area (Å²) < 4.78 is 0. The Labute approximate surface area is 139 Å². The second kappa shape index (κ2) is 6.87. The number of nitrogens with one attached hydrogen (secondary N) is 1. The zero-order chi connectivity index (χ0) is 16.2. The van der Waals surface area contributed by atoms with Crippen molar-refractivity contribution in [2.24, 2.45) is 5.92 Å². The maximum Gasteiger partial charge on any atom is 0.227 e. The van der Waals surface area contributed by atoms with E-state index in [0.717, 1.165) is 40.0 Å². The van der Waals surface area contributed by atoms with Gasteiger partial charge in [0.1, 0.15) is 11.2 Å². The highest BCUT2D eigenvalue weighted by molar-refractivity contribution is 7.16. The fourth-order valence-electron chi connectivity index (χ4n) is 2.67. The molecule has 0 bridgehead atoms. The zero-order valence-electron chi connectivity index (χ0n) is 13.2. The van der Waals surface area contributed by atoms with Crippen LogP contribution in [0.25, 0.3) is 21.5 Å². The summed E-state index contributed by atoms with van der Waals surface area (Å²) >= 11 is 1.60. The van der Waals surface area contributed by atoms with Gasteiger partial charge in [-0.2, -0.15) is 0 Å². The molecule has 0 spiro atoms. The Morgan fingerprint density at radius 2 is 2.04 bits per heavy atom. The maximum absolute atomic E-state index is 12.3. The van der Waals surface area contributed by atoms with Crippen LogP contribution in [-0.4, -0.2) is 15.9 Å². The summed E-state index contributed by atoms with van der Waals surface area (Å²) in [6.07, 6.45) is 3.29. The van der Waals surface area contributed by atoms with E-state index in [1.165, 1.54) is 0 Å². The predicted molar refractivity (Wildman–Crippen MR) is 95.6 cm³/mol. The number of anilines is 1. The lowest BCUT2D eigenvalue weighted by Crippen LogP contribution is -2.21. The van der Waals surface area contributed by atoms with E-state index in [4.69, 9.17) is 0 Å². The second-order valence-electron chi connectivity index (χ2n) is 5.45. The molecule has 118 valence electrons. The third-order valence-corrected chi connectivity index (χ3v) is 4.84. The predicted octanol–water partition coefficient (Wildman–Crippen LogP) is 4.73. The number of hydrogen-bond donors (Lipinski definition) is 1. The van der Waals surface area contributed by atoms with Crippen LogP contribution < -0.4 is 5.32 Å². The van der Waals surface area contributed by atoms with Gasteiger partial charge in [-0.05, 0) is 36.4 Å². The molecule has 4 nitrogen and oxygen atoms in total. The summed E-state index contributed by atoms with van der Waals surface area (Å²) in [5, 5.41) is 6.07. The normalized spacial score (nSPS) is 11.1. The molecular formula is C18H19N3OS. The second-order valence-corrected chi connectivity index (χ2v) is 6.34. The summed E-state index contributed by atoms with van der Waals surface area (Å²) in [6, 6.07) is 9.87. The van der Waals surface area contributed by atoms with Gasteiger partial charge in [0, 0.05) is 22.6 Å². The van der Waals surface area contributed by atoms with Crippen LogP contribution in [0.1, 0.15) is 26.7 Å². The SMILES string of the molecule is CCC(CC)C(=O)Nc1cccc(-c2ncnc3sccc23)c1. The zero-order valence-corrected chi connectivity index (χ0v) is 14.1. The summed E-state index contributed by atoms with van der Waals surface area (Å²) in [5.74, 6) is 0.136. The quantitative estimate of drug-likeness (QED) is 0.737. The van der Waals surface area contributed by atoms with Gasteiger partial charge in [-0.25, -0.2) is 9.97 Å². The van der Waals surface area contributed by atoms with E-state index in [1.54, 1.807) is 17.7 Å². The lowest BCUT2D eigenvalue weighted by molar-refractivity contribution is -0.120. The Bertz CT molecular complexity index is 824. The van der Waals surface area contributed by atoms with Gasteiger partial charge in [0.15, 0.2) is 0 Å². The fourth-order valence-corrected chi connectivity index (χ4v) is 3.40. The number of thiophene rings is 1. The number of rotatable bonds is 5. The van der Waals surface area contributed by atoms with Crippen molar-refractivity contribution in [2.75, 3.05) is 5.32 Å². The number of fused-ring (bicyclic) bond motifs is 1. The van der Waals surface area contributed by atoms with E-state index >= 15 is 0 Å². The Balaban J connectivity index is 1.91. The first-order chi connectivity index (χ1) is 11.2. The number of hydrogen-bond acceptors (Lipinski definition) is 4. The Morgan fingerprint density at radius 1 is 1.22 bits per heavy atom. The van der Waals surface area contributed by atoms with Gasteiger partial charge >= 0.3 is 0 Å². The van der Waals surface area contributed by atoms with Crippen LogP contribution in [0.4, 0.5) is 5.69 Å². The minimum absolute atomic E-state index is 0.0567. The lowest BCUT2D eigenvalue weighted by atomic mass is 10.0. The highest BCUT2D eigenvalue weighted by atomic mass is 32.1. The summed E-state index contributed by atoms with van der Waals surface area (Å²) in [4.78, 5) is 21.9. The monoisotopic (exact) mass is 325 g/mol. The first kappa shape index (κ1) is 15.6. The molecule has 0 aliphatic carbocycles. The molecule has 0 unspecified atom stereocenters. The summed E-state index contributed by atoms with van der Waals surface area (Å²) in [7, 11) is 0. The largest absolute Gasteiger partial charge is 0.326 e. The first-order valence-electron chi connectivity index (χ1n) is 7.82. The number of carbonyl (C=O) groups is 1. The van der Waals surface area contributed by atoms with Gasteiger partial charge in [-0.1, -0.05) is 26.0 Å². The molecule has 0 fully saturated rings. The van der Waals surface area contributed by atoms with Crippen molar-refractivity contribution >= 4 is 33.1 Å². The van der Waals surface area contributed by atoms with Crippen molar-refractivity contribution < 1.29 is 4.79 Å². The first-order valence-corrected chi connectivity index (χ1v) is 8.70. The molecule has 1 N–H and O–H groups in total. The van der Waals surface area contributed by atoms with E-state index < -0.39 is 0 Å². The van der Waals surface area contributed by atoms with Crippen LogP contribution in [-0.2, 0) is 4.79 Å². The standard InChI is InChI=1S/C18H19N3OS/c1-3-12(4-2)17(22)21-14-7-5-6-13(10-14)16-15-8-9-23-18(15)20-11-19-16/h5-12H,3-4H2,1-2H3,(H,21,22). The van der Waals surface area contributed by atoms with Crippen molar-refractivity contribution in [1.29, 1.82) is 0 Å². The lowest BCUT2D eigenvalue weighted by Gasteiger charge is -2.13. The minimum atomic E-state index is 0.0567. The van der Waals surface area contributed by atoms with Gasteiger partial charge in [0.2, 0.25) is 5.91 Å². The van der Waals surface area contributed by atoms with E-state index in [0.29, 0.717) is 0 Å². The molecule has 3 rings (SSSR count). The molecule has 5 heteroatoms. The van der Waals surface area contributed by atoms with Crippen molar-refractivity contribution in [3.63, 3.8) is 0 Å².